The summed E-state index contributed by atoms with van der Waals surface area (Å²) in [6, 6.07) is 18.1. The minimum absolute atomic E-state index is 0.237. The zero-order chi connectivity index (χ0) is 21.8. The Hall–Kier alpha value is -3.65. The van der Waals surface area contributed by atoms with Crippen molar-refractivity contribution in [1.29, 1.82) is 0 Å². The molecule has 0 amide bonds. The second-order valence-corrected chi connectivity index (χ2v) is 7.88. The highest BCUT2D eigenvalue weighted by Crippen LogP contribution is 2.30. The van der Waals surface area contributed by atoms with Gasteiger partial charge in [-0.05, 0) is 42.3 Å². The predicted molar refractivity (Wildman–Crippen MR) is 120 cm³/mol. The van der Waals surface area contributed by atoms with E-state index in [-0.39, 0.29) is 12.1 Å². The summed E-state index contributed by atoms with van der Waals surface area (Å²) < 4.78 is 11.5. The largest absolute Gasteiger partial charge is 0.494 e. The van der Waals surface area contributed by atoms with E-state index in [4.69, 9.17) is 4.74 Å². The Morgan fingerprint density at radius 1 is 1.06 bits per heavy atom. The molecule has 0 atom stereocenters. The summed E-state index contributed by atoms with van der Waals surface area (Å²) in [7, 11) is 1.33. The van der Waals surface area contributed by atoms with E-state index in [1.165, 1.54) is 23.0 Å². The third-order valence-corrected chi connectivity index (χ3v) is 5.90. The third kappa shape index (κ3) is 4.44. The molecule has 2 aromatic heterocycles. The maximum absolute atomic E-state index is 12.9. The van der Waals surface area contributed by atoms with E-state index in [0.717, 1.165) is 10.4 Å². The lowest BCUT2D eigenvalue weighted by Gasteiger charge is -2.08. The van der Waals surface area contributed by atoms with E-state index in [9.17, 15) is 14.4 Å². The summed E-state index contributed by atoms with van der Waals surface area (Å²) in [5, 5.41) is 0.503. The standard InChI is InChI=1S/C23H20N2O5S/c1-29-22(27)16-8-10-17(11-9-16)30-13-5-12-25-21(26)18-14-19(15-6-3-2-4-7-15)31-20(18)24-23(25)28/h2-4,6-11,14H,5,12-13H2,1H3,(H,24,28). The van der Waals surface area contributed by atoms with Crippen LogP contribution in [-0.4, -0.2) is 29.2 Å². The maximum Gasteiger partial charge on any atom is 0.337 e. The van der Waals surface area contributed by atoms with Crippen LogP contribution in [0.3, 0.4) is 0 Å². The Morgan fingerprint density at radius 2 is 1.81 bits per heavy atom. The smallest absolute Gasteiger partial charge is 0.337 e. The molecule has 0 spiro atoms. The first-order valence-corrected chi connectivity index (χ1v) is 10.5. The molecule has 0 aliphatic heterocycles. The van der Waals surface area contributed by atoms with Crippen LogP contribution in [0.15, 0.2) is 70.3 Å². The van der Waals surface area contributed by atoms with Gasteiger partial charge in [0, 0.05) is 11.4 Å². The van der Waals surface area contributed by atoms with Gasteiger partial charge in [-0.1, -0.05) is 30.3 Å². The molecule has 0 aliphatic carbocycles. The monoisotopic (exact) mass is 436 g/mol. The minimum atomic E-state index is -0.429. The van der Waals surface area contributed by atoms with Crippen molar-refractivity contribution in [2.75, 3.05) is 13.7 Å². The molecule has 4 aromatic rings. The number of ether oxygens (including phenoxy) is 2. The number of hydrogen-bond donors (Lipinski definition) is 1. The van der Waals surface area contributed by atoms with Crippen LogP contribution in [-0.2, 0) is 11.3 Å². The highest BCUT2D eigenvalue weighted by atomic mass is 32.1. The fraction of sp³-hybridized carbons (Fsp3) is 0.174. The molecule has 31 heavy (non-hydrogen) atoms. The molecule has 1 N–H and O–H groups in total. The number of benzene rings is 2. The van der Waals surface area contributed by atoms with Crippen molar-refractivity contribution in [3.63, 3.8) is 0 Å². The number of thiophene rings is 1. The second-order valence-electron chi connectivity index (χ2n) is 6.82. The predicted octanol–water partition coefficient (Wildman–Crippen LogP) is 3.67. The van der Waals surface area contributed by atoms with Gasteiger partial charge in [-0.2, -0.15) is 0 Å². The van der Waals surface area contributed by atoms with E-state index < -0.39 is 11.7 Å². The molecule has 0 radical (unpaired) electrons. The van der Waals surface area contributed by atoms with Gasteiger partial charge in [0.15, 0.2) is 0 Å². The van der Waals surface area contributed by atoms with Crippen molar-refractivity contribution in [2.24, 2.45) is 0 Å². The molecule has 0 unspecified atom stereocenters. The first-order chi connectivity index (χ1) is 15.1. The number of aromatic nitrogens is 2. The van der Waals surface area contributed by atoms with E-state index in [1.807, 2.05) is 36.4 Å². The van der Waals surface area contributed by atoms with Crippen molar-refractivity contribution in [1.82, 2.24) is 9.55 Å². The lowest BCUT2D eigenvalue weighted by Crippen LogP contribution is -2.35. The molecule has 0 bridgehead atoms. The number of rotatable bonds is 7. The van der Waals surface area contributed by atoms with Gasteiger partial charge in [0.25, 0.3) is 5.56 Å². The van der Waals surface area contributed by atoms with E-state index >= 15 is 0 Å². The number of aromatic amines is 1. The number of fused-ring (bicyclic) bond motifs is 1. The summed E-state index contributed by atoms with van der Waals surface area (Å²) in [4.78, 5) is 41.0. The van der Waals surface area contributed by atoms with E-state index in [0.29, 0.717) is 34.6 Å². The first kappa shape index (κ1) is 20.6. The summed E-state index contributed by atoms with van der Waals surface area (Å²) in [5.74, 6) is 0.180. The van der Waals surface area contributed by atoms with Crippen LogP contribution in [0, 0.1) is 0 Å². The van der Waals surface area contributed by atoms with Crippen LogP contribution in [0.1, 0.15) is 16.8 Å². The molecule has 4 rings (SSSR count). The van der Waals surface area contributed by atoms with Crippen molar-refractivity contribution in [3.05, 3.63) is 87.1 Å². The Morgan fingerprint density at radius 3 is 2.52 bits per heavy atom. The average Bonchev–Trinajstić information content (AvgIpc) is 3.23. The summed E-state index contributed by atoms with van der Waals surface area (Å²) >= 11 is 1.39. The average molecular weight is 436 g/mol. The van der Waals surface area contributed by atoms with Crippen molar-refractivity contribution in [3.8, 4) is 16.2 Å². The van der Waals surface area contributed by atoms with Gasteiger partial charge in [-0.15, -0.1) is 11.3 Å². The number of carbonyl (C=O) groups is 1. The Kier molecular flexibility index (Phi) is 5.99. The highest BCUT2D eigenvalue weighted by Gasteiger charge is 2.12. The highest BCUT2D eigenvalue weighted by molar-refractivity contribution is 7.21. The van der Waals surface area contributed by atoms with Gasteiger partial charge in [-0.25, -0.2) is 9.59 Å². The number of hydrogen-bond acceptors (Lipinski definition) is 6. The van der Waals surface area contributed by atoms with Gasteiger partial charge in [0.2, 0.25) is 0 Å². The molecular weight excluding hydrogens is 416 g/mol. The van der Waals surface area contributed by atoms with Crippen LogP contribution in [0.25, 0.3) is 20.7 Å². The van der Waals surface area contributed by atoms with Crippen LogP contribution in [0.2, 0.25) is 0 Å². The number of methoxy groups -OCH3 is 1. The zero-order valence-corrected chi connectivity index (χ0v) is 17.6. The summed E-state index contributed by atoms with van der Waals surface area (Å²) in [6.07, 6.45) is 0.475. The Labute approximate surface area is 181 Å². The molecule has 8 heteroatoms. The number of esters is 1. The molecular formula is C23H20N2O5S. The fourth-order valence-corrected chi connectivity index (χ4v) is 4.26. The lowest BCUT2D eigenvalue weighted by atomic mass is 10.2. The summed E-state index contributed by atoms with van der Waals surface area (Å²) in [5.41, 5.74) is 0.704. The number of carbonyl (C=O) groups excluding carboxylic acids is 1. The van der Waals surface area contributed by atoms with Crippen LogP contribution in [0.4, 0.5) is 0 Å². The fourth-order valence-electron chi connectivity index (χ4n) is 3.21. The second kappa shape index (κ2) is 9.01. The molecule has 2 heterocycles. The van der Waals surface area contributed by atoms with Crippen molar-refractivity contribution < 1.29 is 14.3 Å². The van der Waals surface area contributed by atoms with Crippen LogP contribution >= 0.6 is 11.3 Å². The Bertz CT molecular complexity index is 1320. The molecule has 0 saturated heterocycles. The Balaban J connectivity index is 1.44. The number of nitrogens with zero attached hydrogens (tertiary/aromatic N) is 1. The molecule has 0 aliphatic rings. The van der Waals surface area contributed by atoms with Crippen LogP contribution in [0.5, 0.6) is 5.75 Å². The van der Waals surface area contributed by atoms with Gasteiger partial charge < -0.3 is 9.47 Å². The molecule has 158 valence electrons. The lowest BCUT2D eigenvalue weighted by molar-refractivity contribution is 0.0600. The molecule has 0 fully saturated rings. The van der Waals surface area contributed by atoms with Gasteiger partial charge in [0.05, 0.1) is 24.7 Å². The quantitative estimate of drug-likeness (QED) is 0.353. The normalized spacial score (nSPS) is 10.9. The minimum Gasteiger partial charge on any atom is -0.494 e. The number of nitrogens with one attached hydrogen (secondary N) is 1. The maximum atomic E-state index is 12.9. The van der Waals surface area contributed by atoms with E-state index in [2.05, 4.69) is 9.72 Å². The van der Waals surface area contributed by atoms with E-state index in [1.54, 1.807) is 24.3 Å². The summed E-state index contributed by atoms with van der Waals surface area (Å²) in [6.45, 7) is 0.557. The van der Waals surface area contributed by atoms with Gasteiger partial charge in [-0.3, -0.25) is 14.3 Å². The number of H-pyrrole nitrogens is 1. The van der Waals surface area contributed by atoms with Gasteiger partial charge >= 0.3 is 11.7 Å². The molecule has 2 aromatic carbocycles. The zero-order valence-electron chi connectivity index (χ0n) is 16.8. The van der Waals surface area contributed by atoms with Crippen molar-refractivity contribution in [2.45, 2.75) is 13.0 Å². The van der Waals surface area contributed by atoms with Gasteiger partial charge in [0.1, 0.15) is 10.6 Å². The third-order valence-electron chi connectivity index (χ3n) is 4.80. The molecule has 0 saturated carbocycles. The first-order valence-electron chi connectivity index (χ1n) is 9.70. The van der Waals surface area contributed by atoms with Crippen LogP contribution < -0.4 is 16.0 Å². The molecule has 7 nitrogen and oxygen atoms in total. The SMILES string of the molecule is COC(=O)c1ccc(OCCCn2c(=O)[nH]c3sc(-c4ccccc4)cc3c2=O)cc1. The van der Waals surface area contributed by atoms with Crippen molar-refractivity contribution >= 4 is 27.5 Å². The topological polar surface area (TPSA) is 90.4 Å².